The quantitative estimate of drug-likeness (QED) is 0.849. The van der Waals surface area contributed by atoms with E-state index in [-0.39, 0.29) is 11.9 Å². The van der Waals surface area contributed by atoms with E-state index in [1.54, 1.807) is 13.2 Å². The molecule has 102 valence electrons. The molecule has 0 saturated carbocycles. The van der Waals surface area contributed by atoms with Gasteiger partial charge in [0.15, 0.2) is 0 Å². The van der Waals surface area contributed by atoms with Gasteiger partial charge in [0.1, 0.15) is 17.2 Å². The molecule has 2 heterocycles. The van der Waals surface area contributed by atoms with E-state index < -0.39 is 0 Å². The summed E-state index contributed by atoms with van der Waals surface area (Å²) in [7, 11) is 1.69. The number of nitrogens with zero attached hydrogens (tertiary/aromatic N) is 4. The van der Waals surface area contributed by atoms with Crippen molar-refractivity contribution in [2.75, 3.05) is 5.73 Å². The second kappa shape index (κ2) is 5.13. The molecule has 0 aliphatic rings. The zero-order valence-corrected chi connectivity index (χ0v) is 11.3. The van der Waals surface area contributed by atoms with E-state index in [1.807, 2.05) is 24.6 Å². The number of nitrogens with one attached hydrogen (secondary N) is 1. The molecule has 1 unspecified atom stereocenters. The predicted molar refractivity (Wildman–Crippen MR) is 71.4 cm³/mol. The molecule has 0 fully saturated rings. The van der Waals surface area contributed by atoms with E-state index in [0.717, 1.165) is 12.4 Å². The van der Waals surface area contributed by atoms with E-state index >= 15 is 0 Å². The van der Waals surface area contributed by atoms with Crippen LogP contribution in [0.4, 0.5) is 5.82 Å². The zero-order valence-electron chi connectivity index (χ0n) is 11.3. The molecule has 7 nitrogen and oxygen atoms in total. The van der Waals surface area contributed by atoms with Crippen LogP contribution in [0.15, 0.2) is 18.6 Å². The van der Waals surface area contributed by atoms with Gasteiger partial charge in [-0.1, -0.05) is 0 Å². The Morgan fingerprint density at radius 2 is 2.32 bits per heavy atom. The Labute approximate surface area is 111 Å². The zero-order chi connectivity index (χ0) is 14.0. The molecule has 0 radical (unpaired) electrons. The number of rotatable bonds is 4. The fraction of sp³-hybridized carbons (Fsp3) is 0.417. The van der Waals surface area contributed by atoms with Crippen LogP contribution in [0.5, 0.6) is 0 Å². The van der Waals surface area contributed by atoms with E-state index in [1.165, 1.54) is 10.9 Å². The summed E-state index contributed by atoms with van der Waals surface area (Å²) in [5.41, 5.74) is 6.15. The minimum absolute atomic E-state index is 0.193. The monoisotopic (exact) mass is 262 g/mol. The summed E-state index contributed by atoms with van der Waals surface area (Å²) < 4.78 is 3.45. The van der Waals surface area contributed by atoms with Gasteiger partial charge in [-0.25, -0.2) is 4.98 Å². The number of nitrogen functional groups attached to an aromatic ring is 1. The standard InChI is InChI=1S/C12H18N6O/c1-4-18-6-5-14-11(18)8(2)16-12(19)9-7-15-17(3)10(9)13/h5-8H,4,13H2,1-3H3,(H,16,19). The lowest BCUT2D eigenvalue weighted by Gasteiger charge is -2.14. The van der Waals surface area contributed by atoms with Crippen molar-refractivity contribution in [3.05, 3.63) is 30.0 Å². The SMILES string of the molecule is CCn1ccnc1C(C)NC(=O)c1cnn(C)c1N. The van der Waals surface area contributed by atoms with E-state index in [9.17, 15) is 4.79 Å². The van der Waals surface area contributed by atoms with Crippen molar-refractivity contribution in [3.63, 3.8) is 0 Å². The smallest absolute Gasteiger partial charge is 0.257 e. The fourth-order valence-corrected chi connectivity index (χ4v) is 1.93. The van der Waals surface area contributed by atoms with Crippen molar-refractivity contribution in [2.24, 2.45) is 7.05 Å². The Morgan fingerprint density at radius 3 is 2.89 bits per heavy atom. The average molecular weight is 262 g/mol. The molecule has 0 aliphatic carbocycles. The fourth-order valence-electron chi connectivity index (χ4n) is 1.93. The van der Waals surface area contributed by atoms with Crippen molar-refractivity contribution in [1.29, 1.82) is 0 Å². The van der Waals surface area contributed by atoms with Crippen molar-refractivity contribution >= 4 is 11.7 Å². The topological polar surface area (TPSA) is 90.8 Å². The van der Waals surface area contributed by atoms with Crippen LogP contribution >= 0.6 is 0 Å². The lowest BCUT2D eigenvalue weighted by atomic mass is 10.2. The second-order valence-electron chi connectivity index (χ2n) is 4.33. The molecule has 7 heteroatoms. The Bertz CT molecular complexity index is 585. The highest BCUT2D eigenvalue weighted by molar-refractivity contribution is 5.98. The lowest BCUT2D eigenvalue weighted by molar-refractivity contribution is 0.0938. The molecule has 1 atom stereocenters. The highest BCUT2D eigenvalue weighted by Gasteiger charge is 2.18. The number of imidazole rings is 1. The van der Waals surface area contributed by atoms with E-state index in [2.05, 4.69) is 15.4 Å². The van der Waals surface area contributed by atoms with Crippen LogP contribution in [0.25, 0.3) is 0 Å². The minimum atomic E-state index is -0.247. The number of hydrogen-bond acceptors (Lipinski definition) is 4. The largest absolute Gasteiger partial charge is 0.383 e. The molecule has 2 rings (SSSR count). The summed E-state index contributed by atoms with van der Waals surface area (Å²) in [5, 5.41) is 6.82. The van der Waals surface area contributed by atoms with Crippen LogP contribution in [0.2, 0.25) is 0 Å². The maximum atomic E-state index is 12.1. The van der Waals surface area contributed by atoms with Crippen LogP contribution in [-0.4, -0.2) is 25.2 Å². The summed E-state index contributed by atoms with van der Waals surface area (Å²) in [6.07, 6.45) is 5.07. The third kappa shape index (κ3) is 2.44. The number of carbonyl (C=O) groups excluding carboxylic acids is 1. The minimum Gasteiger partial charge on any atom is -0.383 e. The molecule has 0 aromatic carbocycles. The number of amides is 1. The Balaban J connectivity index is 2.13. The van der Waals surface area contributed by atoms with Gasteiger partial charge in [-0.15, -0.1) is 0 Å². The highest BCUT2D eigenvalue weighted by atomic mass is 16.1. The molecule has 3 N–H and O–H groups in total. The van der Waals surface area contributed by atoms with Gasteiger partial charge < -0.3 is 15.6 Å². The summed E-state index contributed by atoms with van der Waals surface area (Å²) in [5.74, 6) is 0.922. The Kier molecular flexibility index (Phi) is 3.55. The molecule has 1 amide bonds. The molecule has 2 aromatic heterocycles. The summed E-state index contributed by atoms with van der Waals surface area (Å²) in [6, 6.07) is -0.193. The van der Waals surface area contributed by atoms with Crippen LogP contribution in [0, 0.1) is 0 Å². The molecule has 0 spiro atoms. The molecular weight excluding hydrogens is 244 g/mol. The predicted octanol–water partition coefficient (Wildman–Crippen LogP) is 0.710. The van der Waals surface area contributed by atoms with Crippen LogP contribution < -0.4 is 11.1 Å². The van der Waals surface area contributed by atoms with Gasteiger partial charge in [0.05, 0.1) is 12.2 Å². The van der Waals surface area contributed by atoms with Crippen molar-refractivity contribution in [3.8, 4) is 0 Å². The van der Waals surface area contributed by atoms with Gasteiger partial charge in [-0.2, -0.15) is 5.10 Å². The van der Waals surface area contributed by atoms with Gasteiger partial charge in [-0.05, 0) is 13.8 Å². The van der Waals surface area contributed by atoms with Crippen LogP contribution in [0.3, 0.4) is 0 Å². The number of hydrogen-bond donors (Lipinski definition) is 2. The maximum Gasteiger partial charge on any atom is 0.257 e. The number of carbonyl (C=O) groups is 1. The highest BCUT2D eigenvalue weighted by Crippen LogP contribution is 2.14. The number of aromatic nitrogens is 4. The molecule has 0 saturated heterocycles. The maximum absolute atomic E-state index is 12.1. The van der Waals surface area contributed by atoms with Gasteiger partial charge in [-0.3, -0.25) is 9.48 Å². The van der Waals surface area contributed by atoms with Crippen molar-refractivity contribution in [2.45, 2.75) is 26.4 Å². The molecule has 0 bridgehead atoms. The van der Waals surface area contributed by atoms with Crippen molar-refractivity contribution in [1.82, 2.24) is 24.6 Å². The third-order valence-electron chi connectivity index (χ3n) is 3.05. The van der Waals surface area contributed by atoms with Crippen LogP contribution in [-0.2, 0) is 13.6 Å². The average Bonchev–Trinajstić information content (AvgIpc) is 2.97. The number of nitrogens with two attached hydrogens (primary N) is 1. The van der Waals surface area contributed by atoms with Crippen molar-refractivity contribution < 1.29 is 4.79 Å². The van der Waals surface area contributed by atoms with E-state index in [4.69, 9.17) is 5.73 Å². The third-order valence-corrected chi connectivity index (χ3v) is 3.05. The molecule has 19 heavy (non-hydrogen) atoms. The van der Waals surface area contributed by atoms with Gasteiger partial charge in [0.25, 0.3) is 5.91 Å². The van der Waals surface area contributed by atoms with Gasteiger partial charge in [0, 0.05) is 26.0 Å². The first-order chi connectivity index (χ1) is 9.04. The Hall–Kier alpha value is -2.31. The molecular formula is C12H18N6O. The second-order valence-corrected chi connectivity index (χ2v) is 4.33. The molecule has 0 aliphatic heterocycles. The molecule has 2 aromatic rings. The van der Waals surface area contributed by atoms with Crippen LogP contribution in [0.1, 0.15) is 36.1 Å². The summed E-state index contributed by atoms with van der Waals surface area (Å²) >= 11 is 0. The van der Waals surface area contributed by atoms with Gasteiger partial charge in [0.2, 0.25) is 0 Å². The summed E-state index contributed by atoms with van der Waals surface area (Å²) in [4.78, 5) is 16.4. The lowest BCUT2D eigenvalue weighted by Crippen LogP contribution is -2.29. The first kappa shape index (κ1) is 13.1. The Morgan fingerprint density at radius 1 is 1.58 bits per heavy atom. The number of aryl methyl sites for hydroxylation is 2. The van der Waals surface area contributed by atoms with E-state index in [0.29, 0.717) is 11.4 Å². The first-order valence-corrected chi connectivity index (χ1v) is 6.14. The van der Waals surface area contributed by atoms with Gasteiger partial charge >= 0.3 is 0 Å². The normalized spacial score (nSPS) is 12.4. The number of anilines is 1. The summed E-state index contributed by atoms with van der Waals surface area (Å²) in [6.45, 7) is 4.72. The first-order valence-electron chi connectivity index (χ1n) is 6.14.